The Hall–Kier alpha value is -4.33. The maximum Gasteiger partial charge on any atom is 0.381 e. The van der Waals surface area contributed by atoms with E-state index >= 15 is 0 Å². The number of hydrogen-bond acceptors (Lipinski definition) is 12. The van der Waals surface area contributed by atoms with Gasteiger partial charge in [-0.2, -0.15) is 10.1 Å². The van der Waals surface area contributed by atoms with Crippen LogP contribution in [0, 0.1) is 5.82 Å². The molecule has 0 spiro atoms. The number of amides is 1. The summed E-state index contributed by atoms with van der Waals surface area (Å²) in [6.45, 7) is 6.86. The number of aromatic nitrogens is 3. The first-order valence-electron chi connectivity index (χ1n) is 8.29. The fourth-order valence-electron chi connectivity index (χ4n) is 2.27. The Kier molecular flexibility index (Phi) is 6.21. The lowest BCUT2D eigenvalue weighted by Crippen LogP contribution is -2.20. The van der Waals surface area contributed by atoms with Crippen molar-refractivity contribution in [2.75, 3.05) is 22.8 Å². The predicted molar refractivity (Wildman–Crippen MR) is 112 cm³/mol. The molecule has 0 atom stereocenters. The van der Waals surface area contributed by atoms with E-state index in [9.17, 15) is 14.0 Å². The van der Waals surface area contributed by atoms with Crippen LogP contribution >= 0.6 is 11.3 Å². The molecule has 0 saturated carbocycles. The average Bonchev–Trinajstić information content (AvgIpc) is 3.17. The van der Waals surface area contributed by atoms with Crippen LogP contribution in [0.3, 0.4) is 0 Å². The van der Waals surface area contributed by atoms with Crippen molar-refractivity contribution in [2.24, 2.45) is 10.8 Å². The summed E-state index contributed by atoms with van der Waals surface area (Å²) in [5.41, 5.74) is 4.57. The van der Waals surface area contributed by atoms with Gasteiger partial charge < -0.3 is 20.2 Å². The van der Waals surface area contributed by atoms with Gasteiger partial charge in [0.1, 0.15) is 5.82 Å². The van der Waals surface area contributed by atoms with Crippen molar-refractivity contribution in [3.63, 3.8) is 0 Å². The highest BCUT2D eigenvalue weighted by Gasteiger charge is 2.21. The first-order valence-corrected chi connectivity index (χ1v) is 9.11. The largest absolute Gasteiger partial charge is 0.488 e. The van der Waals surface area contributed by atoms with Crippen LogP contribution < -0.4 is 31.7 Å². The zero-order chi connectivity index (χ0) is 22.5. The minimum absolute atomic E-state index is 0.0269. The molecule has 31 heavy (non-hydrogen) atoms. The summed E-state index contributed by atoms with van der Waals surface area (Å²) in [6, 6.07) is 3.73. The third-order valence-electron chi connectivity index (χ3n) is 3.58. The lowest BCUT2D eigenvalue weighted by Gasteiger charge is -2.12. The Morgan fingerprint density at radius 2 is 2.23 bits per heavy atom. The molecule has 0 aromatic carbocycles. The first kappa shape index (κ1) is 21.4. The van der Waals surface area contributed by atoms with Crippen molar-refractivity contribution in [1.82, 2.24) is 15.2 Å². The van der Waals surface area contributed by atoms with Crippen molar-refractivity contribution < 1.29 is 18.3 Å². The van der Waals surface area contributed by atoms with E-state index in [1.54, 1.807) is 0 Å². The van der Waals surface area contributed by atoms with E-state index in [4.69, 9.17) is 14.9 Å². The number of hydrogen-bond donors (Lipinski definition) is 3. The summed E-state index contributed by atoms with van der Waals surface area (Å²) in [5, 5.41) is 17.6. The molecule has 4 N–H and O–H groups in total. The molecule has 0 saturated heterocycles. The Morgan fingerprint density at radius 1 is 1.45 bits per heavy atom. The molecule has 1 amide bonds. The van der Waals surface area contributed by atoms with Crippen molar-refractivity contribution in [3.8, 4) is 5.75 Å². The zero-order valence-corrected chi connectivity index (χ0v) is 16.8. The molecule has 0 aliphatic heterocycles. The van der Waals surface area contributed by atoms with Crippen LogP contribution in [0.15, 0.2) is 51.1 Å². The second-order valence-corrected chi connectivity index (χ2v) is 6.55. The lowest BCUT2D eigenvalue weighted by molar-refractivity contribution is 0.0991. The third-order valence-corrected chi connectivity index (χ3v) is 4.39. The van der Waals surface area contributed by atoms with Crippen LogP contribution in [0.1, 0.15) is 10.6 Å². The summed E-state index contributed by atoms with van der Waals surface area (Å²) in [5.74, 6) is -2.30. The number of ether oxygens (including phenoxy) is 1. The number of carbonyl (C=O) groups excluding carboxylic acids is 1. The Labute approximate surface area is 177 Å². The van der Waals surface area contributed by atoms with Gasteiger partial charge in [-0.25, -0.2) is 14.2 Å². The number of methoxy groups -OCH3 is 1. The zero-order valence-electron chi connectivity index (χ0n) is 16.0. The second kappa shape index (κ2) is 9.00. The number of nitrogens with zero attached hydrogens (tertiary/aromatic N) is 5. The van der Waals surface area contributed by atoms with Gasteiger partial charge in [-0.1, -0.05) is 17.9 Å². The number of anilines is 4. The van der Waals surface area contributed by atoms with Crippen LogP contribution in [-0.2, 0) is 0 Å². The molecule has 0 unspecified atom stereocenters. The Balaban J connectivity index is 1.88. The second-order valence-electron chi connectivity index (χ2n) is 5.59. The molecular weight excluding hydrogens is 431 g/mol. The van der Waals surface area contributed by atoms with E-state index in [-0.39, 0.29) is 33.3 Å². The number of nitrogens with one attached hydrogen (secondary N) is 2. The van der Waals surface area contributed by atoms with Gasteiger partial charge in [0.05, 0.1) is 12.8 Å². The molecule has 12 nitrogen and oxygen atoms in total. The van der Waals surface area contributed by atoms with Crippen LogP contribution in [0.25, 0.3) is 0 Å². The highest BCUT2D eigenvalue weighted by molar-refractivity contribution is 7.19. The molecule has 3 aromatic heterocycles. The molecule has 3 heterocycles. The van der Waals surface area contributed by atoms with E-state index in [2.05, 4.69) is 44.2 Å². The van der Waals surface area contributed by atoms with Gasteiger partial charge in [0.25, 0.3) is 5.91 Å². The van der Waals surface area contributed by atoms with Crippen LogP contribution in [0.5, 0.6) is 5.75 Å². The van der Waals surface area contributed by atoms with Crippen LogP contribution in [0.4, 0.5) is 26.2 Å². The Bertz CT molecular complexity index is 1210. The molecule has 0 bridgehead atoms. The number of carbonyl (C=O) groups is 1. The van der Waals surface area contributed by atoms with Gasteiger partial charge >= 0.3 is 5.63 Å². The summed E-state index contributed by atoms with van der Waals surface area (Å²) in [6.07, 6.45) is 1.35. The van der Waals surface area contributed by atoms with Crippen molar-refractivity contribution in [1.29, 1.82) is 0 Å². The topological polar surface area (TPSA) is 161 Å². The molecule has 3 aromatic rings. The number of rotatable bonds is 8. The minimum atomic E-state index is -0.964. The molecule has 160 valence electrons. The van der Waals surface area contributed by atoms with E-state index in [1.165, 1.54) is 25.4 Å². The maximum atomic E-state index is 13.9. The number of halogens is 1. The highest BCUT2D eigenvalue weighted by atomic mass is 32.1. The molecular formula is C17H15FN8O4S. The Morgan fingerprint density at radius 3 is 2.87 bits per heavy atom. The van der Waals surface area contributed by atoms with E-state index in [0.717, 1.165) is 22.4 Å². The predicted octanol–water partition coefficient (Wildman–Crippen LogP) is 1.88. The molecule has 0 fully saturated rings. The van der Waals surface area contributed by atoms with Crippen LogP contribution in [0.2, 0.25) is 0 Å². The molecule has 3 rings (SSSR count). The highest BCUT2D eigenvalue weighted by Crippen LogP contribution is 2.28. The SMILES string of the molecule is C=NN(C(=C)N)c1nnc(NC(=O)c2cc(Nc3ncccc3F)c(OC)c(=O)o2)s1. The summed E-state index contributed by atoms with van der Waals surface area (Å²) < 4.78 is 23.9. The molecule has 0 aliphatic carbocycles. The lowest BCUT2D eigenvalue weighted by atomic mass is 10.3. The fraction of sp³-hybridized carbons (Fsp3) is 0.0588. The maximum absolute atomic E-state index is 13.9. The van der Waals surface area contributed by atoms with Gasteiger partial charge in [0, 0.05) is 19.0 Å². The minimum Gasteiger partial charge on any atom is -0.488 e. The molecule has 0 aliphatic rings. The van der Waals surface area contributed by atoms with E-state index in [0.29, 0.717) is 0 Å². The van der Waals surface area contributed by atoms with Gasteiger partial charge in [-0.05, 0) is 12.1 Å². The van der Waals surface area contributed by atoms with Crippen molar-refractivity contribution in [3.05, 3.63) is 58.8 Å². The number of nitrogens with two attached hydrogens (primary N) is 1. The quantitative estimate of drug-likeness (QED) is 0.344. The smallest absolute Gasteiger partial charge is 0.381 e. The average molecular weight is 446 g/mol. The van der Waals surface area contributed by atoms with Gasteiger partial charge in [-0.15, -0.1) is 10.2 Å². The van der Waals surface area contributed by atoms with Gasteiger partial charge in [-0.3, -0.25) is 10.1 Å². The molecule has 0 radical (unpaired) electrons. The fourth-order valence-corrected chi connectivity index (χ4v) is 3.01. The van der Waals surface area contributed by atoms with E-state index < -0.39 is 23.1 Å². The van der Waals surface area contributed by atoms with Gasteiger partial charge in [0.15, 0.2) is 17.4 Å². The number of pyridine rings is 1. The standard InChI is InChI=1S/C17H15FN8O4S/c1-8(19)26(20-2)17-25-24-16(31-17)23-14(27)11-7-10(12(29-3)15(28)30-11)22-13-9(18)5-4-6-21-13/h4-7H,1-2,19H2,3H3,(H,21,22)(H,23,24,27). The summed E-state index contributed by atoms with van der Waals surface area (Å²) in [4.78, 5) is 28.6. The number of hydrazone groups is 1. The monoisotopic (exact) mass is 446 g/mol. The van der Waals surface area contributed by atoms with Gasteiger partial charge in [0.2, 0.25) is 16.0 Å². The summed E-state index contributed by atoms with van der Waals surface area (Å²) in [7, 11) is 1.22. The van der Waals surface area contributed by atoms with Crippen molar-refractivity contribution >= 4 is 45.7 Å². The summed E-state index contributed by atoms with van der Waals surface area (Å²) >= 11 is 0.915. The third kappa shape index (κ3) is 4.64. The van der Waals surface area contributed by atoms with Crippen molar-refractivity contribution in [2.45, 2.75) is 0 Å². The molecule has 14 heteroatoms. The van der Waals surface area contributed by atoms with E-state index in [1.807, 2.05) is 0 Å². The first-order chi connectivity index (χ1) is 14.8. The van der Waals surface area contributed by atoms with Crippen LogP contribution in [-0.4, -0.2) is 34.9 Å². The normalized spacial score (nSPS) is 10.3.